The second kappa shape index (κ2) is 12.5. The largest absolute Gasteiger partial charge is 2.00 e. The maximum atomic E-state index is 10.9. The van der Waals surface area contributed by atoms with Gasteiger partial charge in [-0.25, -0.2) is 4.79 Å². The van der Waals surface area contributed by atoms with E-state index in [9.17, 15) is 4.79 Å². The van der Waals surface area contributed by atoms with Crippen molar-refractivity contribution in [3.8, 4) is 0 Å². The molecule has 3 fully saturated rings. The van der Waals surface area contributed by atoms with Crippen molar-refractivity contribution in [2.75, 3.05) is 0 Å². The van der Waals surface area contributed by atoms with E-state index in [0.29, 0.717) is 35.5 Å². The Morgan fingerprint density at radius 3 is 2.55 bits per heavy atom. The van der Waals surface area contributed by atoms with E-state index in [4.69, 9.17) is 9.84 Å². The molecule has 0 amide bonds. The van der Waals surface area contributed by atoms with Crippen LogP contribution in [0.25, 0.3) is 0 Å². The Bertz CT molecular complexity index is 804. The number of rotatable bonds is 6. The minimum Gasteiger partial charge on any atom is -1.00 e. The maximum absolute atomic E-state index is 10.9. The first kappa shape index (κ1) is 28.7. The Morgan fingerprint density at radius 1 is 1.15 bits per heavy atom. The van der Waals surface area contributed by atoms with Crippen LogP contribution in [-0.2, 0) is 4.74 Å². The van der Waals surface area contributed by atoms with Crippen LogP contribution in [0.5, 0.6) is 0 Å². The first-order valence-corrected chi connectivity index (χ1v) is 12.8. The summed E-state index contributed by atoms with van der Waals surface area (Å²) in [6.45, 7) is 16.1. The Labute approximate surface area is 234 Å². The smallest absolute Gasteiger partial charge is 1.00 e. The van der Waals surface area contributed by atoms with Crippen molar-refractivity contribution in [1.82, 2.24) is 0 Å². The van der Waals surface area contributed by atoms with Crippen LogP contribution in [0.15, 0.2) is 47.6 Å². The van der Waals surface area contributed by atoms with Crippen molar-refractivity contribution < 1.29 is 17.5 Å². The molecule has 0 radical (unpaired) electrons. The summed E-state index contributed by atoms with van der Waals surface area (Å²) in [6.07, 6.45) is 16.7. The number of carboxylic acid groups (broad SMARTS) is 1. The van der Waals surface area contributed by atoms with Gasteiger partial charge in [0.05, 0.1) is 0 Å². The predicted octanol–water partition coefficient (Wildman–Crippen LogP) is 8.19. The molecule has 33 heavy (non-hydrogen) atoms. The SMILES string of the molecule is C=C1CC[C@H](OC(=O)O)C/C1=C/C=C1\CCC[C@@]2(C)C1CC[C@@H]2[C@H](C)/C=C/[C@H](C)C(C)C.[Ca+2].[H-].[H-]. The van der Waals surface area contributed by atoms with Crippen molar-refractivity contribution in [3.05, 3.63) is 47.6 Å². The topological polar surface area (TPSA) is 46.5 Å². The van der Waals surface area contributed by atoms with Gasteiger partial charge in [-0.1, -0.05) is 76.6 Å². The number of hydrogen-bond donors (Lipinski definition) is 1. The summed E-state index contributed by atoms with van der Waals surface area (Å²) in [5.41, 5.74) is 4.27. The van der Waals surface area contributed by atoms with Gasteiger partial charge in [0, 0.05) is 6.42 Å². The average molecular weight is 483 g/mol. The zero-order valence-electron chi connectivity index (χ0n) is 23.6. The van der Waals surface area contributed by atoms with Crippen LogP contribution in [0, 0.1) is 35.0 Å². The quantitative estimate of drug-likeness (QED) is 0.236. The van der Waals surface area contributed by atoms with E-state index < -0.39 is 6.16 Å². The molecule has 0 aromatic carbocycles. The molecule has 3 rings (SSSR count). The van der Waals surface area contributed by atoms with E-state index in [-0.39, 0.29) is 46.7 Å². The van der Waals surface area contributed by atoms with Crippen LogP contribution in [0.2, 0.25) is 0 Å². The first-order valence-electron chi connectivity index (χ1n) is 12.8. The molecule has 6 atom stereocenters. The fourth-order valence-electron chi connectivity index (χ4n) is 6.47. The molecule has 3 saturated carbocycles. The molecule has 1 N–H and O–H groups in total. The third-order valence-electron chi connectivity index (χ3n) is 8.88. The van der Waals surface area contributed by atoms with Crippen LogP contribution in [0.3, 0.4) is 0 Å². The normalized spacial score (nSPS) is 34.4. The third-order valence-corrected chi connectivity index (χ3v) is 8.88. The van der Waals surface area contributed by atoms with Crippen LogP contribution < -0.4 is 0 Å². The Kier molecular flexibility index (Phi) is 10.8. The molecular weight excluding hydrogens is 436 g/mol. The zero-order valence-corrected chi connectivity index (χ0v) is 23.8. The van der Waals surface area contributed by atoms with Gasteiger partial charge in [-0.15, -0.1) is 0 Å². The summed E-state index contributed by atoms with van der Waals surface area (Å²) in [7, 11) is 0. The molecule has 1 unspecified atom stereocenters. The van der Waals surface area contributed by atoms with Gasteiger partial charge >= 0.3 is 43.9 Å². The monoisotopic (exact) mass is 482 g/mol. The van der Waals surface area contributed by atoms with Gasteiger partial charge in [0.1, 0.15) is 6.10 Å². The summed E-state index contributed by atoms with van der Waals surface area (Å²) in [6, 6.07) is 0. The van der Waals surface area contributed by atoms with Crippen LogP contribution in [0.1, 0.15) is 88.8 Å². The van der Waals surface area contributed by atoms with Crippen molar-refractivity contribution in [2.45, 2.75) is 92.1 Å². The molecule has 0 aliphatic heterocycles. The molecule has 0 bridgehead atoms. The van der Waals surface area contributed by atoms with E-state index in [1.807, 2.05) is 0 Å². The Hall–Kier alpha value is -0.510. The molecular formula is C29H46CaO3. The number of hydrogen-bond acceptors (Lipinski definition) is 2. The van der Waals surface area contributed by atoms with Gasteiger partial charge in [0.2, 0.25) is 0 Å². The molecule has 182 valence electrons. The fraction of sp³-hybridized carbons (Fsp3) is 0.690. The number of fused-ring (bicyclic) bond motifs is 1. The van der Waals surface area contributed by atoms with Gasteiger partial charge < -0.3 is 12.7 Å². The van der Waals surface area contributed by atoms with E-state index in [1.165, 1.54) is 32.1 Å². The van der Waals surface area contributed by atoms with Crippen molar-refractivity contribution >= 4 is 43.9 Å². The third kappa shape index (κ3) is 7.01. The molecule has 0 saturated heterocycles. The molecule has 0 aromatic heterocycles. The zero-order chi connectivity index (χ0) is 23.5. The first-order chi connectivity index (χ1) is 15.1. The average Bonchev–Trinajstić information content (AvgIpc) is 3.09. The second-order valence-electron chi connectivity index (χ2n) is 11.2. The Balaban J connectivity index is 0.00000385. The minimum absolute atomic E-state index is 0. The van der Waals surface area contributed by atoms with Gasteiger partial charge in [0.25, 0.3) is 0 Å². The molecule has 0 aromatic rings. The van der Waals surface area contributed by atoms with E-state index in [2.05, 4.69) is 65.5 Å². The van der Waals surface area contributed by atoms with Crippen molar-refractivity contribution in [3.63, 3.8) is 0 Å². The van der Waals surface area contributed by atoms with E-state index in [0.717, 1.165) is 29.9 Å². The Morgan fingerprint density at radius 2 is 1.88 bits per heavy atom. The van der Waals surface area contributed by atoms with Gasteiger partial charge in [-0.05, 0) is 85.5 Å². The van der Waals surface area contributed by atoms with Gasteiger partial charge in [-0.2, -0.15) is 0 Å². The summed E-state index contributed by atoms with van der Waals surface area (Å²) in [4.78, 5) is 10.9. The van der Waals surface area contributed by atoms with E-state index >= 15 is 0 Å². The fourth-order valence-corrected chi connectivity index (χ4v) is 6.47. The summed E-state index contributed by atoms with van der Waals surface area (Å²) in [5, 5.41) is 8.97. The summed E-state index contributed by atoms with van der Waals surface area (Å²) >= 11 is 0. The van der Waals surface area contributed by atoms with E-state index in [1.54, 1.807) is 5.57 Å². The maximum Gasteiger partial charge on any atom is 2.00 e. The summed E-state index contributed by atoms with van der Waals surface area (Å²) in [5.74, 6) is 3.36. The molecule has 0 spiro atoms. The number of carbonyl (C=O) groups is 1. The molecule has 3 aliphatic rings. The molecule has 3 nitrogen and oxygen atoms in total. The minimum atomic E-state index is -1.17. The van der Waals surface area contributed by atoms with Crippen molar-refractivity contribution in [2.24, 2.45) is 35.0 Å². The molecule has 3 aliphatic carbocycles. The number of allylic oxidation sites excluding steroid dienone is 6. The summed E-state index contributed by atoms with van der Waals surface area (Å²) < 4.78 is 5.05. The molecule has 0 heterocycles. The van der Waals surface area contributed by atoms with Crippen LogP contribution in [-0.4, -0.2) is 55.1 Å². The number of ether oxygens (including phenoxy) is 1. The van der Waals surface area contributed by atoms with Crippen LogP contribution in [0.4, 0.5) is 4.79 Å². The van der Waals surface area contributed by atoms with Crippen molar-refractivity contribution in [1.29, 1.82) is 0 Å². The second-order valence-corrected chi connectivity index (χ2v) is 11.2. The van der Waals surface area contributed by atoms with Crippen LogP contribution >= 0.6 is 0 Å². The predicted molar refractivity (Wildman–Crippen MR) is 141 cm³/mol. The standard InChI is InChI=1S/C29H44O3.Ca.2H/c1-19(2)20(3)9-10-22(5)26-15-16-27-23(8-7-17-29(26,27)6)12-13-24-18-25(32-28(30)31)14-11-21(24)4;;;/h9-10,12-13,19-20,22,25-27H,4,7-8,11,14-18H2,1-3,5-6H3,(H,30,31);;;/q;+2;2*-1/b10-9+,23-12+,24-13-;;;/t20-,22+,25-,26+,27?,29+;;;/m0.../s1. The molecule has 4 heteroatoms. The van der Waals surface area contributed by atoms with Gasteiger partial charge in [0.15, 0.2) is 0 Å². The van der Waals surface area contributed by atoms with Gasteiger partial charge in [-0.3, -0.25) is 0 Å².